The van der Waals surface area contributed by atoms with Gasteiger partial charge in [-0.15, -0.1) is 11.3 Å². The molecule has 0 aliphatic carbocycles. The summed E-state index contributed by atoms with van der Waals surface area (Å²) in [5.41, 5.74) is 2.59. The van der Waals surface area contributed by atoms with Crippen LogP contribution in [-0.2, 0) is 27.9 Å². The zero-order chi connectivity index (χ0) is 19.3. The highest BCUT2D eigenvalue weighted by Crippen LogP contribution is 2.19. The van der Waals surface area contributed by atoms with E-state index in [1.54, 1.807) is 5.38 Å². The highest BCUT2D eigenvalue weighted by atomic mass is 32.2. The van der Waals surface area contributed by atoms with Crippen molar-refractivity contribution in [3.8, 4) is 5.75 Å². The highest BCUT2D eigenvalue weighted by molar-refractivity contribution is 7.89. The monoisotopic (exact) mass is 401 g/mol. The van der Waals surface area contributed by atoms with Crippen LogP contribution in [0.1, 0.15) is 41.6 Å². The second kappa shape index (κ2) is 8.67. The van der Waals surface area contributed by atoms with E-state index in [2.05, 4.69) is 18.8 Å². The summed E-state index contributed by atoms with van der Waals surface area (Å²) in [6.45, 7) is 4.57. The topological polar surface area (TPSA) is 56.3 Å². The van der Waals surface area contributed by atoms with Crippen LogP contribution in [0.2, 0.25) is 0 Å². The molecule has 0 fully saturated rings. The van der Waals surface area contributed by atoms with Crippen LogP contribution in [-0.4, -0.2) is 13.4 Å². The molecule has 0 N–H and O–H groups in total. The zero-order valence-electron chi connectivity index (χ0n) is 15.5. The first-order valence-electron chi connectivity index (χ1n) is 8.82. The van der Waals surface area contributed by atoms with E-state index in [1.165, 1.54) is 16.9 Å². The number of ether oxygens (including phenoxy) is 1. The summed E-state index contributed by atoms with van der Waals surface area (Å²) in [4.78, 5) is 4.40. The van der Waals surface area contributed by atoms with E-state index < -0.39 is 9.84 Å². The summed E-state index contributed by atoms with van der Waals surface area (Å²) in [7, 11) is -3.27. The molecule has 1 aromatic heterocycles. The first kappa shape index (κ1) is 19.6. The molecule has 0 saturated carbocycles. The molecular weight excluding hydrogens is 378 g/mol. The second-order valence-electron chi connectivity index (χ2n) is 6.76. The molecule has 0 amide bonds. The number of nitrogens with zero attached hydrogens (tertiary/aromatic N) is 1. The summed E-state index contributed by atoms with van der Waals surface area (Å²) < 4.78 is 30.7. The van der Waals surface area contributed by atoms with Crippen molar-refractivity contribution in [3.05, 3.63) is 81.8 Å². The van der Waals surface area contributed by atoms with Gasteiger partial charge in [0.1, 0.15) is 17.4 Å². The average Bonchev–Trinajstić information content (AvgIpc) is 3.07. The Balaban J connectivity index is 1.58. The van der Waals surface area contributed by atoms with Gasteiger partial charge in [-0.3, -0.25) is 0 Å². The van der Waals surface area contributed by atoms with Crippen LogP contribution in [0, 0.1) is 0 Å². The van der Waals surface area contributed by atoms with Crippen molar-refractivity contribution in [1.29, 1.82) is 0 Å². The van der Waals surface area contributed by atoms with Gasteiger partial charge < -0.3 is 4.74 Å². The van der Waals surface area contributed by atoms with E-state index in [0.717, 1.165) is 16.3 Å². The number of hydrogen-bond acceptors (Lipinski definition) is 5. The molecular formula is C21H23NO3S2. The lowest BCUT2D eigenvalue weighted by Gasteiger charge is -2.07. The average molecular weight is 402 g/mol. The number of benzene rings is 2. The van der Waals surface area contributed by atoms with Gasteiger partial charge in [0.25, 0.3) is 0 Å². The van der Waals surface area contributed by atoms with Crippen LogP contribution in [0.3, 0.4) is 0 Å². The van der Waals surface area contributed by atoms with E-state index >= 15 is 0 Å². The Morgan fingerprint density at radius 2 is 1.70 bits per heavy atom. The van der Waals surface area contributed by atoms with Gasteiger partial charge in [-0.2, -0.15) is 0 Å². The van der Waals surface area contributed by atoms with Crippen LogP contribution < -0.4 is 4.74 Å². The third-order valence-electron chi connectivity index (χ3n) is 4.11. The summed E-state index contributed by atoms with van der Waals surface area (Å²) in [5.74, 6) is 1.17. The number of thiazole rings is 1. The molecule has 0 aliphatic rings. The van der Waals surface area contributed by atoms with E-state index in [-0.39, 0.29) is 11.5 Å². The summed E-state index contributed by atoms with van der Waals surface area (Å²) in [6.07, 6.45) is 0. The molecule has 4 nitrogen and oxygen atoms in total. The van der Waals surface area contributed by atoms with Crippen LogP contribution in [0.25, 0.3) is 0 Å². The maximum atomic E-state index is 12.5. The standard InChI is InChI=1S/C21H23NO3S2/c1-16(2)18-10-8-17(9-11-18)14-27(23,24)15-19-13-26-21(22-19)12-25-20-6-4-3-5-7-20/h3-11,13,16H,12,14-15H2,1-2H3. The first-order valence-corrected chi connectivity index (χ1v) is 11.5. The molecule has 0 atom stereocenters. The Hall–Kier alpha value is -2.18. The van der Waals surface area contributed by atoms with E-state index in [4.69, 9.17) is 4.74 Å². The van der Waals surface area contributed by atoms with Gasteiger partial charge in [0, 0.05) is 5.38 Å². The van der Waals surface area contributed by atoms with Crippen LogP contribution in [0.4, 0.5) is 0 Å². The molecule has 0 saturated heterocycles. The zero-order valence-corrected chi connectivity index (χ0v) is 17.1. The minimum Gasteiger partial charge on any atom is -0.486 e. The van der Waals surface area contributed by atoms with E-state index in [0.29, 0.717) is 18.2 Å². The molecule has 0 aliphatic heterocycles. The smallest absolute Gasteiger partial charge is 0.160 e. The van der Waals surface area contributed by atoms with Crippen LogP contribution >= 0.6 is 11.3 Å². The Labute approximate surface area is 164 Å². The molecule has 2 aromatic carbocycles. The largest absolute Gasteiger partial charge is 0.486 e. The van der Waals surface area contributed by atoms with Gasteiger partial charge in [-0.1, -0.05) is 56.3 Å². The lowest BCUT2D eigenvalue weighted by molar-refractivity contribution is 0.305. The molecule has 0 radical (unpaired) electrons. The van der Waals surface area contributed by atoms with Gasteiger partial charge in [0.15, 0.2) is 9.84 Å². The molecule has 27 heavy (non-hydrogen) atoms. The quantitative estimate of drug-likeness (QED) is 0.535. The van der Waals surface area contributed by atoms with Crippen molar-refractivity contribution < 1.29 is 13.2 Å². The van der Waals surface area contributed by atoms with Crippen LogP contribution in [0.5, 0.6) is 5.75 Å². The molecule has 0 unspecified atom stereocenters. The Morgan fingerprint density at radius 3 is 2.37 bits per heavy atom. The highest BCUT2D eigenvalue weighted by Gasteiger charge is 2.16. The van der Waals surface area contributed by atoms with Gasteiger partial charge in [-0.05, 0) is 29.2 Å². The van der Waals surface area contributed by atoms with Crippen molar-refractivity contribution in [2.75, 3.05) is 0 Å². The van der Waals surface area contributed by atoms with E-state index in [1.807, 2.05) is 54.6 Å². The summed E-state index contributed by atoms with van der Waals surface area (Å²) in [6, 6.07) is 17.3. The van der Waals surface area contributed by atoms with Gasteiger partial charge in [0.05, 0.1) is 17.2 Å². The maximum absolute atomic E-state index is 12.5. The van der Waals surface area contributed by atoms with Gasteiger partial charge >= 0.3 is 0 Å². The first-order chi connectivity index (χ1) is 12.9. The van der Waals surface area contributed by atoms with Crippen molar-refractivity contribution in [3.63, 3.8) is 0 Å². The molecule has 142 valence electrons. The predicted octanol–water partition coefficient (Wildman–Crippen LogP) is 4.96. The molecule has 1 heterocycles. The fourth-order valence-electron chi connectivity index (χ4n) is 2.67. The summed E-state index contributed by atoms with van der Waals surface area (Å²) in [5, 5.41) is 2.56. The summed E-state index contributed by atoms with van der Waals surface area (Å²) >= 11 is 1.42. The lowest BCUT2D eigenvalue weighted by Crippen LogP contribution is -2.08. The lowest BCUT2D eigenvalue weighted by atomic mass is 10.0. The normalized spacial score (nSPS) is 11.7. The molecule has 6 heteroatoms. The minimum atomic E-state index is -3.27. The third-order valence-corrected chi connectivity index (χ3v) is 6.49. The number of rotatable bonds is 8. The number of hydrogen-bond donors (Lipinski definition) is 0. The molecule has 3 aromatic rings. The van der Waals surface area contributed by atoms with Crippen molar-refractivity contribution in [1.82, 2.24) is 4.98 Å². The number of aromatic nitrogens is 1. The predicted molar refractivity (Wildman–Crippen MR) is 110 cm³/mol. The Morgan fingerprint density at radius 1 is 1.00 bits per heavy atom. The second-order valence-corrected chi connectivity index (χ2v) is 9.77. The minimum absolute atomic E-state index is 0.0265. The Bertz CT molecular complexity index is 962. The SMILES string of the molecule is CC(C)c1ccc(CS(=O)(=O)Cc2csc(COc3ccccc3)n2)cc1. The van der Waals surface area contributed by atoms with Crippen molar-refractivity contribution >= 4 is 21.2 Å². The fourth-order valence-corrected chi connectivity index (χ4v) is 4.88. The third kappa shape index (κ3) is 5.91. The van der Waals surface area contributed by atoms with Crippen molar-refractivity contribution in [2.24, 2.45) is 0 Å². The van der Waals surface area contributed by atoms with E-state index in [9.17, 15) is 8.42 Å². The molecule has 3 rings (SSSR count). The van der Waals surface area contributed by atoms with Gasteiger partial charge in [-0.25, -0.2) is 13.4 Å². The van der Waals surface area contributed by atoms with Crippen LogP contribution in [0.15, 0.2) is 60.0 Å². The Kier molecular flexibility index (Phi) is 6.29. The van der Waals surface area contributed by atoms with Gasteiger partial charge in [0.2, 0.25) is 0 Å². The number of para-hydroxylation sites is 1. The fraction of sp³-hybridized carbons (Fsp3) is 0.286. The van der Waals surface area contributed by atoms with Crippen molar-refractivity contribution in [2.45, 2.75) is 37.9 Å². The maximum Gasteiger partial charge on any atom is 0.160 e. The number of sulfone groups is 1. The molecule has 0 bridgehead atoms. The molecule has 0 spiro atoms.